The third kappa shape index (κ3) is 3.93. The first-order valence-electron chi connectivity index (χ1n) is 7.19. The van der Waals surface area contributed by atoms with Gasteiger partial charge in [0.15, 0.2) is 5.75 Å². The second-order valence-corrected chi connectivity index (χ2v) is 5.70. The Balaban J connectivity index is 2.06. The zero-order valence-corrected chi connectivity index (χ0v) is 12.1. The van der Waals surface area contributed by atoms with Gasteiger partial charge in [-0.25, -0.2) is 0 Å². The fourth-order valence-electron chi connectivity index (χ4n) is 2.12. The van der Waals surface area contributed by atoms with Gasteiger partial charge in [-0.1, -0.05) is 26.3 Å². The van der Waals surface area contributed by atoms with Crippen molar-refractivity contribution < 1.29 is 9.66 Å². The lowest BCUT2D eigenvalue weighted by Gasteiger charge is -2.25. The van der Waals surface area contributed by atoms with E-state index in [9.17, 15) is 10.1 Å². The normalized spacial score (nSPS) is 15.2. The van der Waals surface area contributed by atoms with Gasteiger partial charge in [-0.2, -0.15) is 0 Å². The summed E-state index contributed by atoms with van der Waals surface area (Å²) in [6.45, 7) is 5.41. The van der Waals surface area contributed by atoms with Crippen molar-refractivity contribution in [2.24, 2.45) is 5.92 Å². The third-order valence-electron chi connectivity index (χ3n) is 3.63. The number of nitrogens with one attached hydrogen (secondary N) is 1. The van der Waals surface area contributed by atoms with Gasteiger partial charge < -0.3 is 10.1 Å². The molecule has 0 aromatic heterocycles. The van der Waals surface area contributed by atoms with Crippen LogP contribution in [0.15, 0.2) is 18.2 Å². The topological polar surface area (TPSA) is 64.4 Å². The van der Waals surface area contributed by atoms with Gasteiger partial charge in [-0.05, 0) is 30.4 Å². The maximum atomic E-state index is 11.0. The van der Waals surface area contributed by atoms with E-state index in [0.29, 0.717) is 30.9 Å². The lowest BCUT2D eigenvalue weighted by Crippen LogP contribution is -2.22. The van der Waals surface area contributed by atoms with E-state index in [1.807, 2.05) is 0 Å². The van der Waals surface area contributed by atoms with Gasteiger partial charge in [-0.15, -0.1) is 0 Å². The Bertz CT molecular complexity index is 470. The monoisotopic (exact) mass is 278 g/mol. The molecule has 0 unspecified atom stereocenters. The molecule has 1 saturated carbocycles. The molecule has 0 spiro atoms. The lowest BCUT2D eigenvalue weighted by molar-refractivity contribution is -0.385. The second kappa shape index (κ2) is 6.70. The molecule has 1 aliphatic rings. The van der Waals surface area contributed by atoms with Crippen LogP contribution in [0.4, 0.5) is 5.69 Å². The fourth-order valence-corrected chi connectivity index (χ4v) is 2.12. The van der Waals surface area contributed by atoms with E-state index in [4.69, 9.17) is 4.74 Å². The summed E-state index contributed by atoms with van der Waals surface area (Å²) in [5.41, 5.74) is 1.06. The molecule has 1 aromatic carbocycles. The molecule has 1 aromatic rings. The number of nitrogens with zero attached hydrogens (tertiary/aromatic N) is 1. The summed E-state index contributed by atoms with van der Waals surface area (Å²) in [5, 5.41) is 14.3. The zero-order valence-electron chi connectivity index (χ0n) is 12.1. The van der Waals surface area contributed by atoms with Crippen LogP contribution >= 0.6 is 0 Å². The van der Waals surface area contributed by atoms with Gasteiger partial charge in [0.05, 0.1) is 11.5 Å². The summed E-state index contributed by atoms with van der Waals surface area (Å²) in [4.78, 5) is 10.7. The van der Waals surface area contributed by atoms with Crippen LogP contribution in [0.25, 0.3) is 0 Å². The Morgan fingerprint density at radius 2 is 2.20 bits per heavy atom. The minimum absolute atomic E-state index is 0.0534. The van der Waals surface area contributed by atoms with Crippen molar-refractivity contribution in [3.8, 4) is 5.75 Å². The Labute approximate surface area is 119 Å². The average molecular weight is 278 g/mol. The second-order valence-electron chi connectivity index (χ2n) is 5.70. The molecule has 5 nitrogen and oxygen atoms in total. The van der Waals surface area contributed by atoms with Crippen LogP contribution < -0.4 is 10.1 Å². The fraction of sp³-hybridized carbons (Fsp3) is 0.600. The van der Waals surface area contributed by atoms with E-state index in [1.165, 1.54) is 25.3 Å². The van der Waals surface area contributed by atoms with Crippen LogP contribution in [-0.4, -0.2) is 17.6 Å². The van der Waals surface area contributed by atoms with E-state index in [-0.39, 0.29) is 10.6 Å². The van der Waals surface area contributed by atoms with Gasteiger partial charge in [0.25, 0.3) is 0 Å². The maximum Gasteiger partial charge on any atom is 0.310 e. The minimum atomic E-state index is -0.379. The summed E-state index contributed by atoms with van der Waals surface area (Å²) >= 11 is 0. The molecule has 0 atom stereocenters. The first-order valence-corrected chi connectivity index (χ1v) is 7.19. The van der Waals surface area contributed by atoms with E-state index in [0.717, 1.165) is 5.56 Å². The van der Waals surface area contributed by atoms with Crippen molar-refractivity contribution >= 4 is 5.69 Å². The highest BCUT2D eigenvalue weighted by atomic mass is 16.6. The van der Waals surface area contributed by atoms with Crippen molar-refractivity contribution in [2.45, 2.75) is 45.7 Å². The van der Waals surface area contributed by atoms with Crippen molar-refractivity contribution in [1.29, 1.82) is 0 Å². The van der Waals surface area contributed by atoms with Crippen molar-refractivity contribution in [2.75, 3.05) is 6.61 Å². The maximum absolute atomic E-state index is 11.0. The lowest BCUT2D eigenvalue weighted by atomic mass is 9.86. The van der Waals surface area contributed by atoms with Crippen LogP contribution in [0.3, 0.4) is 0 Å². The average Bonchev–Trinajstić information content (AvgIpc) is 2.34. The molecular formula is C15H22N2O3. The largest absolute Gasteiger partial charge is 0.487 e. The van der Waals surface area contributed by atoms with Gasteiger partial charge in [0, 0.05) is 18.7 Å². The van der Waals surface area contributed by atoms with Crippen LogP contribution in [0, 0.1) is 16.0 Å². The van der Waals surface area contributed by atoms with Gasteiger partial charge >= 0.3 is 5.69 Å². The van der Waals surface area contributed by atoms with Crippen molar-refractivity contribution in [3.05, 3.63) is 33.9 Å². The molecule has 1 N–H and O–H groups in total. The Morgan fingerprint density at radius 3 is 2.75 bits per heavy atom. The molecule has 0 saturated heterocycles. The van der Waals surface area contributed by atoms with Crippen LogP contribution in [0.5, 0.6) is 5.75 Å². The summed E-state index contributed by atoms with van der Waals surface area (Å²) in [7, 11) is 0. The van der Waals surface area contributed by atoms with E-state index >= 15 is 0 Å². The van der Waals surface area contributed by atoms with Crippen LogP contribution in [-0.2, 0) is 6.54 Å². The zero-order chi connectivity index (χ0) is 14.5. The highest BCUT2D eigenvalue weighted by Gasteiger charge is 2.21. The number of hydrogen-bond donors (Lipinski definition) is 1. The molecule has 0 amide bonds. The Morgan fingerprint density at radius 1 is 1.45 bits per heavy atom. The number of benzene rings is 1. The molecule has 5 heteroatoms. The number of ether oxygens (including phenoxy) is 1. The minimum Gasteiger partial charge on any atom is -0.487 e. The first-order chi connectivity index (χ1) is 9.56. The van der Waals surface area contributed by atoms with E-state index < -0.39 is 0 Å². The number of hydrogen-bond acceptors (Lipinski definition) is 4. The predicted molar refractivity (Wildman–Crippen MR) is 77.9 cm³/mol. The van der Waals surface area contributed by atoms with E-state index in [2.05, 4.69) is 19.2 Å². The summed E-state index contributed by atoms with van der Waals surface area (Å²) in [6, 6.07) is 5.48. The number of nitro benzene ring substituents is 1. The molecule has 110 valence electrons. The molecule has 0 bridgehead atoms. The molecule has 1 aliphatic carbocycles. The summed E-state index contributed by atoms with van der Waals surface area (Å²) < 4.78 is 5.68. The predicted octanol–water partition coefficient (Wildman–Crippen LogP) is 3.27. The SMILES string of the molecule is CC(C)NCc1ccc([N+](=O)[O-])c(OCC2CCC2)c1. The number of nitro groups is 1. The van der Waals surface area contributed by atoms with Crippen LogP contribution in [0.2, 0.25) is 0 Å². The highest BCUT2D eigenvalue weighted by Crippen LogP contribution is 2.31. The summed E-state index contributed by atoms with van der Waals surface area (Å²) in [6.07, 6.45) is 3.58. The molecular weight excluding hydrogens is 256 g/mol. The van der Waals surface area contributed by atoms with Gasteiger partial charge in [-0.3, -0.25) is 10.1 Å². The molecule has 0 heterocycles. The quantitative estimate of drug-likeness (QED) is 0.614. The Hall–Kier alpha value is -1.62. The van der Waals surface area contributed by atoms with Gasteiger partial charge in [0.2, 0.25) is 0 Å². The highest BCUT2D eigenvalue weighted by molar-refractivity contribution is 5.48. The smallest absolute Gasteiger partial charge is 0.310 e. The molecule has 20 heavy (non-hydrogen) atoms. The third-order valence-corrected chi connectivity index (χ3v) is 3.63. The van der Waals surface area contributed by atoms with Crippen molar-refractivity contribution in [3.63, 3.8) is 0 Å². The number of rotatable bonds is 7. The Kier molecular flexibility index (Phi) is 4.95. The summed E-state index contributed by atoms with van der Waals surface area (Å²) in [5.74, 6) is 0.956. The van der Waals surface area contributed by atoms with Crippen LogP contribution in [0.1, 0.15) is 38.7 Å². The molecule has 2 rings (SSSR count). The first kappa shape index (κ1) is 14.8. The molecule has 0 radical (unpaired) electrons. The van der Waals surface area contributed by atoms with E-state index in [1.54, 1.807) is 12.1 Å². The molecule has 1 fully saturated rings. The van der Waals surface area contributed by atoms with Crippen molar-refractivity contribution in [1.82, 2.24) is 5.32 Å². The molecule has 0 aliphatic heterocycles. The standard InChI is InChI=1S/C15H22N2O3/c1-11(2)16-9-13-6-7-14(17(18)19)15(8-13)20-10-12-4-3-5-12/h6-8,11-12,16H,3-5,9-10H2,1-2H3. The van der Waals surface area contributed by atoms with Gasteiger partial charge in [0.1, 0.15) is 0 Å².